The Labute approximate surface area is 242 Å². The molecule has 3 rings (SSSR count). The van der Waals surface area contributed by atoms with Crippen molar-refractivity contribution in [2.24, 2.45) is 0 Å². The maximum Gasteiger partial charge on any atom is 0.246 e. The van der Waals surface area contributed by atoms with Gasteiger partial charge in [0.2, 0.25) is 17.7 Å². The zero-order valence-corrected chi connectivity index (χ0v) is 23.8. The summed E-state index contributed by atoms with van der Waals surface area (Å²) in [6, 6.07) is 12.0. The van der Waals surface area contributed by atoms with Gasteiger partial charge in [-0.05, 0) is 55.0 Å². The highest BCUT2D eigenvalue weighted by molar-refractivity contribution is 6.38. The lowest BCUT2D eigenvalue weighted by Crippen LogP contribution is -2.37. The molecule has 0 bridgehead atoms. The van der Waals surface area contributed by atoms with Crippen molar-refractivity contribution in [3.8, 4) is 5.75 Å². The van der Waals surface area contributed by atoms with Crippen LogP contribution in [0.5, 0.6) is 5.75 Å². The molecular weight excluding hydrogens is 555 g/mol. The van der Waals surface area contributed by atoms with E-state index in [1.807, 2.05) is 19.1 Å². The molecule has 0 atom stereocenters. The number of para-hydroxylation sites is 1. The van der Waals surface area contributed by atoms with Crippen molar-refractivity contribution < 1.29 is 19.1 Å². The van der Waals surface area contributed by atoms with Gasteiger partial charge in [0, 0.05) is 43.4 Å². The van der Waals surface area contributed by atoms with Gasteiger partial charge in [0.15, 0.2) is 0 Å². The summed E-state index contributed by atoms with van der Waals surface area (Å²) in [5.41, 5.74) is 8.95. The minimum atomic E-state index is -0.471. The minimum absolute atomic E-state index is 0.0233. The number of nitrogens with two attached hydrogens (primary N) is 1. The zero-order chi connectivity index (χ0) is 29.2. The van der Waals surface area contributed by atoms with Gasteiger partial charge >= 0.3 is 0 Å². The van der Waals surface area contributed by atoms with E-state index >= 15 is 0 Å². The van der Waals surface area contributed by atoms with E-state index in [9.17, 15) is 14.4 Å². The van der Waals surface area contributed by atoms with Gasteiger partial charge in [-0.25, -0.2) is 4.98 Å². The number of nitrogens with one attached hydrogen (secondary N) is 3. The Hall–Kier alpha value is -4.28. The van der Waals surface area contributed by atoms with Crippen LogP contribution in [0.3, 0.4) is 0 Å². The highest BCUT2D eigenvalue weighted by atomic mass is 35.5. The van der Waals surface area contributed by atoms with Crippen LogP contribution in [-0.2, 0) is 21.0 Å². The molecule has 0 radical (unpaired) electrons. The van der Waals surface area contributed by atoms with E-state index in [2.05, 4.69) is 20.9 Å². The van der Waals surface area contributed by atoms with Gasteiger partial charge in [0.05, 0.1) is 28.6 Å². The molecule has 0 saturated carbocycles. The van der Waals surface area contributed by atoms with Gasteiger partial charge in [-0.3, -0.25) is 14.4 Å². The number of ether oxygens (including phenoxy) is 1. The highest BCUT2D eigenvalue weighted by Crippen LogP contribution is 2.36. The number of rotatable bonds is 11. The van der Waals surface area contributed by atoms with Crippen molar-refractivity contribution in [3.63, 3.8) is 0 Å². The molecule has 0 fully saturated rings. The molecule has 3 aromatic rings. The van der Waals surface area contributed by atoms with Crippen molar-refractivity contribution in [1.29, 1.82) is 0 Å². The monoisotopic (exact) mass is 584 g/mol. The van der Waals surface area contributed by atoms with Gasteiger partial charge in [-0.1, -0.05) is 29.3 Å². The summed E-state index contributed by atoms with van der Waals surface area (Å²) >= 11 is 13.0. The van der Waals surface area contributed by atoms with Crippen LogP contribution in [0.15, 0.2) is 54.7 Å². The molecule has 2 aromatic carbocycles. The predicted octanol–water partition coefficient (Wildman–Crippen LogP) is 4.73. The van der Waals surface area contributed by atoms with Crippen LogP contribution in [0.2, 0.25) is 10.0 Å². The normalized spacial score (nSPS) is 10.7. The third-order valence-electron chi connectivity index (χ3n) is 5.64. The first kappa shape index (κ1) is 30.3. The fourth-order valence-electron chi connectivity index (χ4n) is 3.55. The molecule has 0 saturated heterocycles. The number of benzene rings is 2. The summed E-state index contributed by atoms with van der Waals surface area (Å²) in [6.45, 7) is 3.81. The molecule has 0 spiro atoms. The largest absolute Gasteiger partial charge is 0.487 e. The van der Waals surface area contributed by atoms with E-state index in [1.54, 1.807) is 37.4 Å². The average Bonchev–Trinajstić information content (AvgIpc) is 2.92. The first-order valence-corrected chi connectivity index (χ1v) is 13.0. The number of pyridine rings is 1. The Morgan fingerprint density at radius 2 is 1.90 bits per heavy atom. The number of carbonyl (C=O) groups is 3. The molecule has 0 aliphatic heterocycles. The number of nitrogen functional groups attached to an aromatic ring is 1. The molecule has 5 N–H and O–H groups in total. The second kappa shape index (κ2) is 14.2. The molecule has 1 heterocycles. The lowest BCUT2D eigenvalue weighted by Gasteiger charge is -2.21. The molecule has 3 amide bonds. The predicted molar refractivity (Wildman–Crippen MR) is 160 cm³/mol. The van der Waals surface area contributed by atoms with Crippen LogP contribution in [0.1, 0.15) is 25.0 Å². The first-order valence-electron chi connectivity index (χ1n) is 12.3. The number of nitrogens with zero attached hydrogens (tertiary/aromatic N) is 2. The minimum Gasteiger partial charge on any atom is -0.487 e. The number of amides is 3. The lowest BCUT2D eigenvalue weighted by atomic mass is 10.2. The summed E-state index contributed by atoms with van der Waals surface area (Å²) in [4.78, 5) is 41.6. The molecule has 1 aromatic heterocycles. The van der Waals surface area contributed by atoms with E-state index in [1.165, 1.54) is 30.2 Å². The Balaban J connectivity index is 1.61. The van der Waals surface area contributed by atoms with Crippen LogP contribution in [0.4, 0.5) is 22.9 Å². The fourth-order valence-corrected chi connectivity index (χ4v) is 4.15. The van der Waals surface area contributed by atoms with Crippen LogP contribution in [-0.4, -0.2) is 42.8 Å². The second-order valence-electron chi connectivity index (χ2n) is 8.56. The van der Waals surface area contributed by atoms with Crippen molar-refractivity contribution in [2.45, 2.75) is 20.5 Å². The van der Waals surface area contributed by atoms with Gasteiger partial charge in [-0.2, -0.15) is 0 Å². The molecule has 0 aliphatic carbocycles. The van der Waals surface area contributed by atoms with E-state index in [4.69, 9.17) is 33.7 Å². The number of carbonyl (C=O) groups excluding carboxylic acids is 3. The van der Waals surface area contributed by atoms with Crippen LogP contribution >= 0.6 is 23.2 Å². The zero-order valence-electron chi connectivity index (χ0n) is 22.3. The van der Waals surface area contributed by atoms with E-state index in [0.717, 1.165) is 5.69 Å². The van der Waals surface area contributed by atoms with E-state index in [-0.39, 0.29) is 24.1 Å². The third kappa shape index (κ3) is 8.11. The van der Waals surface area contributed by atoms with Crippen molar-refractivity contribution >= 4 is 69.9 Å². The fraction of sp³-hybridized carbons (Fsp3) is 0.214. The maximum absolute atomic E-state index is 12.8. The SMILES string of the molecule is CCNc1cccc(OCc2c(Cl)ccc(N(C)C(=O)CNC(=O)/C=C/c3ccc(NC(C)=O)nc3)c2Cl)c1N. The standard InChI is InChI=1S/C28H30Cl2N6O4/c1-4-32-21-6-5-7-23(28(21)31)40-16-19-20(29)10-11-22(27(19)30)36(3)26(39)15-34-25(38)13-9-18-8-12-24(33-14-18)35-17(2)37/h5-14,32H,4,15-16,31H2,1-3H3,(H,34,38)(H,33,35,37)/b13-9+. The molecule has 40 heavy (non-hydrogen) atoms. The first-order chi connectivity index (χ1) is 19.1. The Bertz CT molecular complexity index is 1410. The molecule has 12 heteroatoms. The van der Waals surface area contributed by atoms with Crippen LogP contribution in [0.25, 0.3) is 6.08 Å². The topological polar surface area (TPSA) is 139 Å². The Morgan fingerprint density at radius 1 is 1.12 bits per heavy atom. The van der Waals surface area contributed by atoms with Gasteiger partial charge < -0.3 is 31.3 Å². The van der Waals surface area contributed by atoms with Crippen LogP contribution < -0.4 is 31.3 Å². The molecule has 10 nitrogen and oxygen atoms in total. The number of hydrogen-bond acceptors (Lipinski definition) is 7. The van der Waals surface area contributed by atoms with E-state index in [0.29, 0.717) is 45.6 Å². The average molecular weight is 585 g/mol. The summed E-state index contributed by atoms with van der Waals surface area (Å²) in [6.07, 6.45) is 4.33. The molecule has 0 aliphatic rings. The van der Waals surface area contributed by atoms with Crippen molar-refractivity contribution in [2.75, 3.05) is 41.4 Å². The number of aromatic nitrogens is 1. The quantitative estimate of drug-likeness (QED) is 0.189. The number of anilines is 4. The molecule has 210 valence electrons. The van der Waals surface area contributed by atoms with Crippen LogP contribution in [0, 0.1) is 0 Å². The molecule has 0 unspecified atom stereocenters. The Morgan fingerprint density at radius 3 is 2.58 bits per heavy atom. The van der Waals surface area contributed by atoms with Crippen molar-refractivity contribution in [3.05, 3.63) is 75.9 Å². The summed E-state index contributed by atoms with van der Waals surface area (Å²) < 4.78 is 5.91. The van der Waals surface area contributed by atoms with Crippen molar-refractivity contribution in [1.82, 2.24) is 10.3 Å². The highest BCUT2D eigenvalue weighted by Gasteiger charge is 2.19. The smallest absolute Gasteiger partial charge is 0.246 e. The lowest BCUT2D eigenvalue weighted by molar-refractivity contribution is -0.122. The number of likely N-dealkylation sites (N-methyl/N-ethyl adjacent to an activating group) is 1. The number of hydrogen-bond donors (Lipinski definition) is 4. The summed E-state index contributed by atoms with van der Waals surface area (Å²) in [7, 11) is 1.55. The number of halogens is 2. The van der Waals surface area contributed by atoms with Gasteiger partial charge in [-0.15, -0.1) is 0 Å². The third-order valence-corrected chi connectivity index (χ3v) is 6.41. The van der Waals surface area contributed by atoms with Gasteiger partial charge in [0.25, 0.3) is 0 Å². The maximum atomic E-state index is 12.8. The summed E-state index contributed by atoms with van der Waals surface area (Å²) in [5, 5.41) is 8.88. The Kier molecular flexibility index (Phi) is 10.7. The van der Waals surface area contributed by atoms with E-state index < -0.39 is 11.8 Å². The molecular formula is C28H30Cl2N6O4. The summed E-state index contributed by atoms with van der Waals surface area (Å²) in [5.74, 6) is -0.232. The second-order valence-corrected chi connectivity index (χ2v) is 9.34. The van der Waals surface area contributed by atoms with Gasteiger partial charge in [0.1, 0.15) is 18.2 Å².